The molecule has 1 saturated heterocycles. The van der Waals surface area contributed by atoms with Crippen LogP contribution in [0.5, 0.6) is 0 Å². The van der Waals surface area contributed by atoms with E-state index < -0.39 is 6.04 Å². The maximum Gasteiger partial charge on any atom is 0.247 e. The molecule has 2 aliphatic rings. The first-order valence-corrected chi connectivity index (χ1v) is 8.33. The molecule has 5 heteroatoms. The zero-order valence-corrected chi connectivity index (χ0v) is 13.9. The first-order valence-electron chi connectivity index (χ1n) is 8.33. The van der Waals surface area contributed by atoms with Gasteiger partial charge in [-0.15, -0.1) is 0 Å². The molecule has 23 heavy (non-hydrogen) atoms. The molecule has 1 aromatic heterocycles. The summed E-state index contributed by atoms with van der Waals surface area (Å²) in [6.07, 6.45) is 4.38. The fraction of sp³-hybridized carbons (Fsp3) is 0.556. The third kappa shape index (κ3) is 3.33. The van der Waals surface area contributed by atoms with E-state index in [0.29, 0.717) is 30.7 Å². The zero-order valence-electron chi connectivity index (χ0n) is 13.9. The van der Waals surface area contributed by atoms with Crippen molar-refractivity contribution in [2.75, 3.05) is 13.1 Å². The van der Waals surface area contributed by atoms with Gasteiger partial charge in [-0.25, -0.2) is 0 Å². The summed E-state index contributed by atoms with van der Waals surface area (Å²) in [6.45, 7) is 7.16. The molecule has 1 saturated carbocycles. The van der Waals surface area contributed by atoms with E-state index in [1.807, 2.05) is 26.0 Å². The molecule has 124 valence electrons. The molecular weight excluding hydrogens is 292 g/mol. The van der Waals surface area contributed by atoms with Crippen LogP contribution in [-0.4, -0.2) is 35.8 Å². The second-order valence-electron chi connectivity index (χ2n) is 6.90. The minimum atomic E-state index is -0.402. The van der Waals surface area contributed by atoms with E-state index in [1.165, 1.54) is 12.5 Å². The maximum atomic E-state index is 12.5. The van der Waals surface area contributed by atoms with Gasteiger partial charge in [0, 0.05) is 25.1 Å². The summed E-state index contributed by atoms with van der Waals surface area (Å²) < 4.78 is 5.77. The summed E-state index contributed by atoms with van der Waals surface area (Å²) in [7, 11) is 0. The monoisotopic (exact) mass is 316 g/mol. The van der Waals surface area contributed by atoms with E-state index in [-0.39, 0.29) is 17.7 Å². The highest BCUT2D eigenvalue weighted by Gasteiger charge is 2.36. The number of nitrogens with one attached hydrogen (secondary N) is 1. The molecule has 0 radical (unpaired) electrons. The van der Waals surface area contributed by atoms with Gasteiger partial charge in [-0.2, -0.15) is 0 Å². The van der Waals surface area contributed by atoms with Gasteiger partial charge in [0.05, 0.1) is 0 Å². The molecule has 5 nitrogen and oxygen atoms in total. The van der Waals surface area contributed by atoms with E-state index in [9.17, 15) is 9.59 Å². The molecule has 0 bridgehead atoms. The number of furan rings is 1. The Morgan fingerprint density at radius 2 is 2.17 bits per heavy atom. The van der Waals surface area contributed by atoms with Gasteiger partial charge in [-0.3, -0.25) is 9.59 Å². The van der Waals surface area contributed by atoms with Crippen molar-refractivity contribution in [3.05, 3.63) is 29.7 Å². The topological polar surface area (TPSA) is 62.6 Å². The Morgan fingerprint density at radius 3 is 2.83 bits per heavy atom. The van der Waals surface area contributed by atoms with Crippen LogP contribution in [0.2, 0.25) is 0 Å². The molecule has 3 atom stereocenters. The third-order valence-electron chi connectivity index (χ3n) is 4.68. The number of hydrogen-bond donors (Lipinski definition) is 1. The molecule has 2 fully saturated rings. The SMILES string of the molecule is CC(C)C1C(=O)NCCN1C(=O)/C=C/c1ccc(C2CC2C)o1. The molecular formula is C18H24N2O3. The van der Waals surface area contributed by atoms with Gasteiger partial charge in [-0.05, 0) is 36.5 Å². The highest BCUT2D eigenvalue weighted by molar-refractivity contribution is 5.96. The summed E-state index contributed by atoms with van der Waals surface area (Å²) in [5.74, 6) is 2.78. The lowest BCUT2D eigenvalue weighted by atomic mass is 9.99. The van der Waals surface area contributed by atoms with Crippen molar-refractivity contribution in [2.45, 2.75) is 39.2 Å². The van der Waals surface area contributed by atoms with Gasteiger partial charge in [0.1, 0.15) is 17.6 Å². The van der Waals surface area contributed by atoms with Gasteiger partial charge in [0.25, 0.3) is 0 Å². The number of nitrogens with zero attached hydrogens (tertiary/aromatic N) is 1. The number of carbonyl (C=O) groups is 2. The number of piperazine rings is 1. The summed E-state index contributed by atoms with van der Waals surface area (Å²) in [4.78, 5) is 26.1. The van der Waals surface area contributed by atoms with Crippen molar-refractivity contribution in [3.63, 3.8) is 0 Å². The standard InChI is InChI=1S/C18H24N2O3/c1-11(2)17-18(22)19-8-9-20(17)16(21)7-5-13-4-6-15(23-13)14-10-12(14)3/h4-7,11-12,14,17H,8-10H2,1-3H3,(H,19,22)/b7-5+. The van der Waals surface area contributed by atoms with E-state index in [1.54, 1.807) is 11.0 Å². The van der Waals surface area contributed by atoms with Gasteiger partial charge >= 0.3 is 0 Å². The molecule has 2 amide bonds. The normalized spacial score (nSPS) is 27.6. The van der Waals surface area contributed by atoms with E-state index in [0.717, 1.165) is 5.76 Å². The predicted octanol–water partition coefficient (Wildman–Crippen LogP) is 2.40. The molecule has 3 rings (SSSR count). The van der Waals surface area contributed by atoms with Crippen LogP contribution in [0.3, 0.4) is 0 Å². The first kappa shape index (κ1) is 15.8. The second-order valence-corrected chi connectivity index (χ2v) is 6.90. The Labute approximate surface area is 136 Å². The van der Waals surface area contributed by atoms with Crippen LogP contribution in [0.15, 0.2) is 22.6 Å². The quantitative estimate of drug-likeness (QED) is 0.868. The van der Waals surface area contributed by atoms with Gasteiger partial charge in [-0.1, -0.05) is 20.8 Å². The largest absolute Gasteiger partial charge is 0.461 e. The Bertz CT molecular complexity index is 632. The van der Waals surface area contributed by atoms with Crippen molar-refractivity contribution < 1.29 is 14.0 Å². The predicted molar refractivity (Wildman–Crippen MR) is 87.6 cm³/mol. The van der Waals surface area contributed by atoms with Gasteiger partial charge in [0.2, 0.25) is 11.8 Å². The summed E-state index contributed by atoms with van der Waals surface area (Å²) >= 11 is 0. The molecule has 0 spiro atoms. The first-order chi connectivity index (χ1) is 11.0. The average molecular weight is 316 g/mol. The Morgan fingerprint density at radius 1 is 1.43 bits per heavy atom. The van der Waals surface area contributed by atoms with E-state index in [4.69, 9.17) is 4.42 Å². The Hall–Kier alpha value is -2.04. The average Bonchev–Trinajstić information content (AvgIpc) is 3.06. The zero-order chi connectivity index (χ0) is 16.6. The van der Waals surface area contributed by atoms with Crippen LogP contribution >= 0.6 is 0 Å². The Kier molecular flexibility index (Phi) is 4.28. The fourth-order valence-electron chi connectivity index (χ4n) is 3.22. The van der Waals surface area contributed by atoms with Gasteiger partial charge in [0.15, 0.2) is 0 Å². The molecule has 1 aliphatic carbocycles. The molecule has 1 aliphatic heterocycles. The highest BCUT2D eigenvalue weighted by Crippen LogP contribution is 2.47. The number of hydrogen-bond acceptors (Lipinski definition) is 3. The van der Waals surface area contributed by atoms with Crippen molar-refractivity contribution in [2.24, 2.45) is 11.8 Å². The molecule has 0 aromatic carbocycles. The van der Waals surface area contributed by atoms with Crippen molar-refractivity contribution in [1.82, 2.24) is 10.2 Å². The lowest BCUT2D eigenvalue weighted by Crippen LogP contribution is -2.58. The third-order valence-corrected chi connectivity index (χ3v) is 4.68. The summed E-state index contributed by atoms with van der Waals surface area (Å²) in [5.41, 5.74) is 0. The fourth-order valence-corrected chi connectivity index (χ4v) is 3.22. The van der Waals surface area contributed by atoms with Gasteiger partial charge < -0.3 is 14.6 Å². The van der Waals surface area contributed by atoms with Crippen LogP contribution in [0, 0.1) is 11.8 Å². The van der Waals surface area contributed by atoms with Crippen LogP contribution in [-0.2, 0) is 9.59 Å². The second kappa shape index (κ2) is 6.22. The molecule has 3 unspecified atom stereocenters. The van der Waals surface area contributed by atoms with Crippen LogP contribution in [0.1, 0.15) is 44.6 Å². The molecule has 2 heterocycles. The van der Waals surface area contributed by atoms with Crippen LogP contribution in [0.25, 0.3) is 6.08 Å². The minimum Gasteiger partial charge on any atom is -0.461 e. The Balaban J connectivity index is 1.67. The number of carbonyl (C=O) groups excluding carboxylic acids is 2. The van der Waals surface area contributed by atoms with E-state index >= 15 is 0 Å². The van der Waals surface area contributed by atoms with Crippen molar-refractivity contribution >= 4 is 17.9 Å². The lowest BCUT2D eigenvalue weighted by Gasteiger charge is -2.36. The van der Waals surface area contributed by atoms with E-state index in [2.05, 4.69) is 12.2 Å². The maximum absolute atomic E-state index is 12.5. The number of amides is 2. The van der Waals surface area contributed by atoms with Crippen LogP contribution < -0.4 is 5.32 Å². The highest BCUT2D eigenvalue weighted by atomic mass is 16.3. The summed E-state index contributed by atoms with van der Waals surface area (Å²) in [6, 6.07) is 3.48. The van der Waals surface area contributed by atoms with Crippen molar-refractivity contribution in [3.8, 4) is 0 Å². The molecule has 1 N–H and O–H groups in total. The smallest absolute Gasteiger partial charge is 0.247 e. The van der Waals surface area contributed by atoms with Crippen LogP contribution in [0.4, 0.5) is 0 Å². The minimum absolute atomic E-state index is 0.0731. The van der Waals surface area contributed by atoms with Crippen molar-refractivity contribution in [1.29, 1.82) is 0 Å². The summed E-state index contributed by atoms with van der Waals surface area (Å²) in [5, 5.41) is 2.82. The number of rotatable bonds is 4. The lowest BCUT2D eigenvalue weighted by molar-refractivity contribution is -0.141. The molecule has 1 aromatic rings.